The second-order valence-corrected chi connectivity index (χ2v) is 4.06. The van der Waals surface area contributed by atoms with Gasteiger partial charge < -0.3 is 25.2 Å². The monoisotopic (exact) mass is 282 g/mol. The van der Waals surface area contributed by atoms with Gasteiger partial charge in [-0.25, -0.2) is 4.79 Å². The molecule has 0 aliphatic carbocycles. The standard InChI is InChI=1S/C13H18N2O5/c1-8(12(16)17)15-13(18)14-7-9-4-5-10(19-2)6-11(9)20-3/h4-6,8H,7H2,1-3H3,(H,16,17)(H2,14,15,18)/t8-/m1/s1. The van der Waals surface area contributed by atoms with E-state index in [-0.39, 0.29) is 6.54 Å². The number of carboxylic acids is 1. The molecule has 7 nitrogen and oxygen atoms in total. The minimum atomic E-state index is -1.10. The highest BCUT2D eigenvalue weighted by atomic mass is 16.5. The first-order chi connectivity index (χ1) is 9.47. The molecule has 3 N–H and O–H groups in total. The number of rotatable bonds is 6. The van der Waals surface area contributed by atoms with E-state index in [1.165, 1.54) is 14.0 Å². The average molecular weight is 282 g/mol. The Balaban J connectivity index is 2.61. The molecule has 0 aromatic heterocycles. The summed E-state index contributed by atoms with van der Waals surface area (Å²) in [5, 5.41) is 13.5. The number of hydrogen-bond donors (Lipinski definition) is 3. The van der Waals surface area contributed by atoms with Crippen molar-refractivity contribution in [1.29, 1.82) is 0 Å². The van der Waals surface area contributed by atoms with Crippen molar-refractivity contribution < 1.29 is 24.2 Å². The second kappa shape index (κ2) is 7.22. The molecule has 1 atom stereocenters. The van der Waals surface area contributed by atoms with Gasteiger partial charge in [0, 0.05) is 18.2 Å². The largest absolute Gasteiger partial charge is 0.497 e. The highest BCUT2D eigenvalue weighted by molar-refractivity contribution is 5.82. The van der Waals surface area contributed by atoms with Crippen LogP contribution in [-0.4, -0.2) is 37.4 Å². The first-order valence-corrected chi connectivity index (χ1v) is 5.96. The van der Waals surface area contributed by atoms with Crippen LogP contribution < -0.4 is 20.1 Å². The summed E-state index contributed by atoms with van der Waals surface area (Å²) in [4.78, 5) is 22.1. The van der Waals surface area contributed by atoms with Crippen LogP contribution in [-0.2, 0) is 11.3 Å². The molecule has 1 aromatic carbocycles. The van der Waals surface area contributed by atoms with Crippen LogP contribution in [0.3, 0.4) is 0 Å². The molecular weight excluding hydrogens is 264 g/mol. The lowest BCUT2D eigenvalue weighted by Gasteiger charge is -2.13. The molecule has 7 heteroatoms. The van der Waals surface area contributed by atoms with Gasteiger partial charge in [-0.3, -0.25) is 4.79 Å². The molecule has 1 rings (SSSR count). The van der Waals surface area contributed by atoms with Crippen LogP contribution in [0.4, 0.5) is 4.79 Å². The van der Waals surface area contributed by atoms with E-state index in [9.17, 15) is 9.59 Å². The van der Waals surface area contributed by atoms with Crippen molar-refractivity contribution in [3.63, 3.8) is 0 Å². The predicted octanol–water partition coefficient (Wildman–Crippen LogP) is 0.976. The number of carboxylic acid groups (broad SMARTS) is 1. The fourth-order valence-electron chi connectivity index (χ4n) is 1.48. The molecule has 0 unspecified atom stereocenters. The minimum absolute atomic E-state index is 0.214. The van der Waals surface area contributed by atoms with Crippen molar-refractivity contribution >= 4 is 12.0 Å². The van der Waals surface area contributed by atoms with Gasteiger partial charge in [-0.2, -0.15) is 0 Å². The lowest BCUT2D eigenvalue weighted by atomic mass is 10.2. The Morgan fingerprint density at radius 1 is 1.30 bits per heavy atom. The Hall–Kier alpha value is -2.44. The molecule has 0 heterocycles. The topological polar surface area (TPSA) is 96.9 Å². The van der Waals surface area contributed by atoms with E-state index < -0.39 is 18.0 Å². The van der Waals surface area contributed by atoms with Gasteiger partial charge in [0.1, 0.15) is 17.5 Å². The van der Waals surface area contributed by atoms with Crippen LogP contribution >= 0.6 is 0 Å². The molecule has 0 bridgehead atoms. The summed E-state index contributed by atoms with van der Waals surface area (Å²) < 4.78 is 10.3. The quantitative estimate of drug-likeness (QED) is 0.722. The maximum Gasteiger partial charge on any atom is 0.325 e. The fraction of sp³-hybridized carbons (Fsp3) is 0.385. The molecule has 0 fully saturated rings. The van der Waals surface area contributed by atoms with Gasteiger partial charge in [0.15, 0.2) is 0 Å². The SMILES string of the molecule is COc1ccc(CNC(=O)N[C@H](C)C(=O)O)c(OC)c1. The molecule has 110 valence electrons. The summed E-state index contributed by atoms with van der Waals surface area (Å²) in [6.45, 7) is 1.60. The van der Waals surface area contributed by atoms with Gasteiger partial charge in [0.25, 0.3) is 0 Å². The van der Waals surface area contributed by atoms with Crippen molar-refractivity contribution in [1.82, 2.24) is 10.6 Å². The van der Waals surface area contributed by atoms with E-state index in [2.05, 4.69) is 10.6 Å². The number of ether oxygens (including phenoxy) is 2. The van der Waals surface area contributed by atoms with E-state index in [0.717, 1.165) is 5.56 Å². The zero-order valence-corrected chi connectivity index (χ0v) is 11.6. The number of hydrogen-bond acceptors (Lipinski definition) is 4. The summed E-state index contributed by atoms with van der Waals surface area (Å²) in [6, 6.07) is 3.70. The zero-order chi connectivity index (χ0) is 15.1. The Morgan fingerprint density at radius 2 is 2.00 bits per heavy atom. The summed E-state index contributed by atoms with van der Waals surface area (Å²) in [6.07, 6.45) is 0. The molecular formula is C13H18N2O5. The maximum atomic E-state index is 11.5. The van der Waals surface area contributed by atoms with Crippen LogP contribution in [0.1, 0.15) is 12.5 Å². The Kier molecular flexibility index (Phi) is 5.64. The maximum absolute atomic E-state index is 11.5. The third kappa shape index (κ3) is 4.34. The van der Waals surface area contributed by atoms with Gasteiger partial charge >= 0.3 is 12.0 Å². The number of urea groups is 1. The summed E-state index contributed by atoms with van der Waals surface area (Å²) in [5.41, 5.74) is 0.756. The van der Waals surface area contributed by atoms with Crippen molar-refractivity contribution in [2.45, 2.75) is 19.5 Å². The Bertz CT molecular complexity index is 490. The van der Waals surface area contributed by atoms with Crippen LogP contribution in [0, 0.1) is 0 Å². The van der Waals surface area contributed by atoms with E-state index in [4.69, 9.17) is 14.6 Å². The molecule has 0 saturated heterocycles. The average Bonchev–Trinajstić information content (AvgIpc) is 2.44. The molecule has 2 amide bonds. The highest BCUT2D eigenvalue weighted by Gasteiger charge is 2.14. The molecule has 0 saturated carbocycles. The number of aliphatic carboxylic acids is 1. The third-order valence-corrected chi connectivity index (χ3v) is 2.65. The van der Waals surface area contributed by atoms with Crippen LogP contribution in [0.15, 0.2) is 18.2 Å². The van der Waals surface area contributed by atoms with Gasteiger partial charge in [-0.15, -0.1) is 0 Å². The Morgan fingerprint density at radius 3 is 2.55 bits per heavy atom. The van der Waals surface area contributed by atoms with E-state index in [0.29, 0.717) is 11.5 Å². The molecule has 0 spiro atoms. The number of carbonyl (C=O) groups excluding carboxylic acids is 1. The van der Waals surface area contributed by atoms with Crippen molar-refractivity contribution in [2.75, 3.05) is 14.2 Å². The van der Waals surface area contributed by atoms with E-state index >= 15 is 0 Å². The van der Waals surface area contributed by atoms with Crippen LogP contribution in [0.2, 0.25) is 0 Å². The van der Waals surface area contributed by atoms with Gasteiger partial charge in [-0.05, 0) is 19.1 Å². The molecule has 20 heavy (non-hydrogen) atoms. The summed E-state index contributed by atoms with van der Waals surface area (Å²) in [5.74, 6) is 0.132. The second-order valence-electron chi connectivity index (χ2n) is 4.06. The molecule has 1 aromatic rings. The van der Waals surface area contributed by atoms with Gasteiger partial charge in [0.2, 0.25) is 0 Å². The van der Waals surface area contributed by atoms with E-state index in [1.807, 2.05) is 0 Å². The molecule has 0 aliphatic rings. The zero-order valence-electron chi connectivity index (χ0n) is 11.6. The Labute approximate surface area is 116 Å². The number of nitrogens with one attached hydrogen (secondary N) is 2. The van der Waals surface area contributed by atoms with Crippen molar-refractivity contribution in [3.05, 3.63) is 23.8 Å². The van der Waals surface area contributed by atoms with Crippen molar-refractivity contribution in [3.8, 4) is 11.5 Å². The van der Waals surface area contributed by atoms with Crippen molar-refractivity contribution in [2.24, 2.45) is 0 Å². The highest BCUT2D eigenvalue weighted by Crippen LogP contribution is 2.24. The third-order valence-electron chi connectivity index (χ3n) is 2.65. The number of methoxy groups -OCH3 is 2. The smallest absolute Gasteiger partial charge is 0.325 e. The first-order valence-electron chi connectivity index (χ1n) is 5.96. The first kappa shape index (κ1) is 15.6. The lowest BCUT2D eigenvalue weighted by Crippen LogP contribution is -2.44. The normalized spacial score (nSPS) is 11.3. The van der Waals surface area contributed by atoms with Crippen LogP contribution in [0.25, 0.3) is 0 Å². The summed E-state index contributed by atoms with van der Waals surface area (Å²) in [7, 11) is 3.07. The molecule has 0 aliphatic heterocycles. The number of carbonyl (C=O) groups is 2. The minimum Gasteiger partial charge on any atom is -0.497 e. The lowest BCUT2D eigenvalue weighted by molar-refractivity contribution is -0.138. The van der Waals surface area contributed by atoms with Crippen LogP contribution in [0.5, 0.6) is 11.5 Å². The van der Waals surface area contributed by atoms with Gasteiger partial charge in [0.05, 0.1) is 14.2 Å². The number of amides is 2. The fourth-order valence-corrected chi connectivity index (χ4v) is 1.48. The molecule has 0 radical (unpaired) electrons. The predicted molar refractivity (Wildman–Crippen MR) is 72.0 cm³/mol. The van der Waals surface area contributed by atoms with E-state index in [1.54, 1.807) is 25.3 Å². The van der Waals surface area contributed by atoms with Gasteiger partial charge in [-0.1, -0.05) is 0 Å². The summed E-state index contributed by atoms with van der Waals surface area (Å²) >= 11 is 0. The number of benzene rings is 1.